The van der Waals surface area contributed by atoms with E-state index in [1.165, 1.54) is 4.90 Å². The third-order valence-electron chi connectivity index (χ3n) is 4.59. The lowest BCUT2D eigenvalue weighted by Gasteiger charge is -2.19. The molecule has 2 aromatic rings. The number of carbonyl (C=O) groups excluding carboxylic acids is 2. The van der Waals surface area contributed by atoms with Crippen molar-refractivity contribution < 1.29 is 19.4 Å². The van der Waals surface area contributed by atoms with Gasteiger partial charge in [0.05, 0.1) is 19.3 Å². The molecule has 3 atom stereocenters. The van der Waals surface area contributed by atoms with Gasteiger partial charge in [0.15, 0.2) is 5.44 Å². The van der Waals surface area contributed by atoms with Crippen LogP contribution in [0.15, 0.2) is 60.7 Å². The van der Waals surface area contributed by atoms with E-state index in [2.05, 4.69) is 5.32 Å². The number of hydrogen-bond donors (Lipinski definition) is 2. The number of ether oxygens (including phenoxy) is 1. The third kappa shape index (κ3) is 6.40. The lowest BCUT2D eigenvalue weighted by Crippen LogP contribution is -2.39. The molecular formula is C22H26N2O4S. The lowest BCUT2D eigenvalue weighted by molar-refractivity contribution is -0.134. The van der Waals surface area contributed by atoms with Crippen LogP contribution in [0.4, 0.5) is 4.79 Å². The van der Waals surface area contributed by atoms with E-state index >= 15 is 0 Å². The van der Waals surface area contributed by atoms with Gasteiger partial charge in [-0.3, -0.25) is 14.5 Å². The van der Waals surface area contributed by atoms with Crippen LogP contribution >= 0.6 is 11.8 Å². The zero-order valence-corrected chi connectivity index (χ0v) is 17.2. The molecule has 1 aliphatic rings. The summed E-state index contributed by atoms with van der Waals surface area (Å²) in [7, 11) is 0. The van der Waals surface area contributed by atoms with Crippen LogP contribution in [-0.4, -0.2) is 51.9 Å². The molecule has 0 bridgehead atoms. The first-order valence-electron chi connectivity index (χ1n) is 9.66. The SMILES string of the molecule is CC(COC1SC(=O)N(Cc2ccccc2)C1=O)NCC(O)Cc1ccccc1. The normalized spacial score (nSPS) is 18.8. The summed E-state index contributed by atoms with van der Waals surface area (Å²) in [6.45, 7) is 2.87. The zero-order valence-electron chi connectivity index (χ0n) is 16.4. The number of carbonyl (C=O) groups is 2. The van der Waals surface area contributed by atoms with E-state index in [1.807, 2.05) is 67.6 Å². The van der Waals surface area contributed by atoms with Crippen LogP contribution in [0.5, 0.6) is 0 Å². The van der Waals surface area contributed by atoms with Gasteiger partial charge in [-0.25, -0.2) is 0 Å². The van der Waals surface area contributed by atoms with Gasteiger partial charge in [0, 0.05) is 12.6 Å². The van der Waals surface area contributed by atoms with Crippen LogP contribution in [0, 0.1) is 0 Å². The molecule has 0 spiro atoms. The standard InChI is InChI=1S/C22H26N2O4S/c1-16(23-13-19(25)12-17-8-4-2-5-9-17)15-28-21-20(26)24(22(27)29-21)14-18-10-6-3-7-11-18/h2-11,16,19,21,23,25H,12-15H2,1H3. The smallest absolute Gasteiger partial charge is 0.291 e. The molecular weight excluding hydrogens is 388 g/mol. The number of hydrogen-bond acceptors (Lipinski definition) is 6. The van der Waals surface area contributed by atoms with Gasteiger partial charge in [-0.1, -0.05) is 60.7 Å². The largest absolute Gasteiger partial charge is 0.391 e. The third-order valence-corrected chi connectivity index (χ3v) is 5.57. The molecule has 1 saturated heterocycles. The molecule has 154 valence electrons. The second kappa shape index (κ2) is 10.5. The molecule has 7 heteroatoms. The van der Waals surface area contributed by atoms with E-state index in [4.69, 9.17) is 4.74 Å². The fourth-order valence-electron chi connectivity index (χ4n) is 3.02. The topological polar surface area (TPSA) is 78.9 Å². The van der Waals surface area contributed by atoms with Crippen molar-refractivity contribution in [3.63, 3.8) is 0 Å². The highest BCUT2D eigenvalue weighted by Crippen LogP contribution is 2.29. The molecule has 3 unspecified atom stereocenters. The zero-order chi connectivity index (χ0) is 20.6. The van der Waals surface area contributed by atoms with Crippen molar-refractivity contribution in [3.8, 4) is 0 Å². The predicted octanol–water partition coefficient (Wildman–Crippen LogP) is 2.81. The van der Waals surface area contributed by atoms with Crippen LogP contribution in [0.25, 0.3) is 0 Å². The van der Waals surface area contributed by atoms with Gasteiger partial charge in [-0.05, 0) is 36.2 Å². The maximum Gasteiger partial charge on any atom is 0.291 e. The molecule has 6 nitrogen and oxygen atoms in total. The quantitative estimate of drug-likeness (QED) is 0.622. The number of imide groups is 1. The molecule has 29 heavy (non-hydrogen) atoms. The van der Waals surface area contributed by atoms with Gasteiger partial charge >= 0.3 is 0 Å². The number of aliphatic hydroxyl groups is 1. The van der Waals surface area contributed by atoms with Crippen LogP contribution in [0.3, 0.4) is 0 Å². The number of aliphatic hydroxyl groups excluding tert-OH is 1. The van der Waals surface area contributed by atoms with Crippen LogP contribution < -0.4 is 5.32 Å². The fraction of sp³-hybridized carbons (Fsp3) is 0.364. The van der Waals surface area contributed by atoms with Crippen LogP contribution in [0.1, 0.15) is 18.1 Å². The van der Waals surface area contributed by atoms with Crippen molar-refractivity contribution in [1.29, 1.82) is 0 Å². The molecule has 0 saturated carbocycles. The van der Waals surface area contributed by atoms with E-state index in [9.17, 15) is 14.7 Å². The van der Waals surface area contributed by atoms with Crippen molar-refractivity contribution in [3.05, 3.63) is 71.8 Å². The Bertz CT molecular complexity index is 803. The predicted molar refractivity (Wildman–Crippen MR) is 113 cm³/mol. The summed E-state index contributed by atoms with van der Waals surface area (Å²) in [5.74, 6) is -0.319. The van der Waals surface area contributed by atoms with Gasteiger partial charge < -0.3 is 15.2 Å². The number of thioether (sulfide) groups is 1. The van der Waals surface area contributed by atoms with E-state index in [0.29, 0.717) is 13.0 Å². The Balaban J connectivity index is 1.40. The van der Waals surface area contributed by atoms with E-state index in [0.717, 1.165) is 22.9 Å². The Morgan fingerprint density at radius 1 is 1.07 bits per heavy atom. The first kappa shape index (κ1) is 21.5. The number of nitrogens with zero attached hydrogens (tertiary/aromatic N) is 1. The minimum atomic E-state index is -0.815. The van der Waals surface area contributed by atoms with Crippen LogP contribution in [0.2, 0.25) is 0 Å². The minimum absolute atomic E-state index is 0.0629. The number of nitrogens with one attached hydrogen (secondary N) is 1. The number of rotatable bonds is 10. The second-order valence-electron chi connectivity index (χ2n) is 7.11. The van der Waals surface area contributed by atoms with Gasteiger partial charge in [0.1, 0.15) is 0 Å². The Hall–Kier alpha value is -2.19. The maximum atomic E-state index is 12.5. The summed E-state index contributed by atoms with van der Waals surface area (Å²) in [5, 5.41) is 13.1. The van der Waals surface area contributed by atoms with Crippen molar-refractivity contribution in [1.82, 2.24) is 10.2 Å². The first-order chi connectivity index (χ1) is 14.0. The molecule has 0 aliphatic carbocycles. The summed E-state index contributed by atoms with van der Waals surface area (Å²) >= 11 is 0.907. The highest BCUT2D eigenvalue weighted by molar-refractivity contribution is 8.15. The molecule has 2 N–H and O–H groups in total. The van der Waals surface area contributed by atoms with Gasteiger partial charge in [-0.2, -0.15) is 0 Å². The Morgan fingerprint density at radius 3 is 2.34 bits per heavy atom. The van der Waals surface area contributed by atoms with Crippen molar-refractivity contribution in [2.45, 2.75) is 37.5 Å². The Kier molecular flexibility index (Phi) is 7.83. The second-order valence-corrected chi connectivity index (χ2v) is 8.12. The average Bonchev–Trinajstić information content (AvgIpc) is 3.00. The Labute approximate surface area is 175 Å². The molecule has 0 radical (unpaired) electrons. The van der Waals surface area contributed by atoms with E-state index in [1.54, 1.807) is 0 Å². The first-order valence-corrected chi connectivity index (χ1v) is 10.5. The molecule has 2 amide bonds. The molecule has 2 aromatic carbocycles. The van der Waals surface area contributed by atoms with Gasteiger partial charge in [-0.15, -0.1) is 0 Å². The monoisotopic (exact) mass is 414 g/mol. The minimum Gasteiger partial charge on any atom is -0.391 e. The summed E-state index contributed by atoms with van der Waals surface area (Å²) in [6, 6.07) is 19.2. The van der Waals surface area contributed by atoms with Crippen molar-refractivity contribution in [2.75, 3.05) is 13.2 Å². The summed E-state index contributed by atoms with van der Waals surface area (Å²) in [4.78, 5) is 25.9. The highest BCUT2D eigenvalue weighted by Gasteiger charge is 2.40. The Morgan fingerprint density at radius 2 is 1.69 bits per heavy atom. The number of benzene rings is 2. The maximum absolute atomic E-state index is 12.5. The summed E-state index contributed by atoms with van der Waals surface area (Å²) < 4.78 is 5.67. The molecule has 1 aliphatic heterocycles. The lowest BCUT2D eigenvalue weighted by atomic mass is 10.1. The average molecular weight is 415 g/mol. The van der Waals surface area contributed by atoms with Crippen molar-refractivity contribution in [2.24, 2.45) is 0 Å². The van der Waals surface area contributed by atoms with Gasteiger partial charge in [0.25, 0.3) is 11.1 Å². The molecule has 1 heterocycles. The fourth-order valence-corrected chi connectivity index (χ4v) is 3.86. The molecule has 0 aromatic heterocycles. The van der Waals surface area contributed by atoms with Crippen LogP contribution in [-0.2, 0) is 22.5 Å². The number of amides is 2. The molecule has 1 fully saturated rings. The van der Waals surface area contributed by atoms with E-state index < -0.39 is 11.5 Å². The molecule has 3 rings (SSSR count). The van der Waals surface area contributed by atoms with E-state index in [-0.39, 0.29) is 30.3 Å². The highest BCUT2D eigenvalue weighted by atomic mass is 32.2. The summed E-state index contributed by atoms with van der Waals surface area (Å²) in [5.41, 5.74) is 1.17. The van der Waals surface area contributed by atoms with Crippen molar-refractivity contribution >= 4 is 22.9 Å². The summed E-state index contributed by atoms with van der Waals surface area (Å²) in [6.07, 6.45) is 0.0618. The van der Waals surface area contributed by atoms with Gasteiger partial charge in [0.2, 0.25) is 0 Å².